The number of nitrogens with zero attached hydrogens (tertiary/aromatic N) is 3. The molecule has 0 unspecified atom stereocenters. The van der Waals surface area contributed by atoms with Crippen LogP contribution in [0.25, 0.3) is 5.70 Å². The first kappa shape index (κ1) is 21.1. The molecule has 0 saturated carbocycles. The second-order valence-corrected chi connectivity index (χ2v) is 8.27. The van der Waals surface area contributed by atoms with E-state index in [-0.39, 0.29) is 6.04 Å². The number of para-hydroxylation sites is 1. The Labute approximate surface area is 202 Å². The fraction of sp³-hybridized carbons (Fsp3) is 0.185. The molecule has 0 spiro atoms. The van der Waals surface area contributed by atoms with E-state index in [4.69, 9.17) is 18.9 Å². The third kappa shape index (κ3) is 3.37. The molecule has 176 valence electrons. The third-order valence-corrected chi connectivity index (χ3v) is 6.44. The van der Waals surface area contributed by atoms with Crippen molar-refractivity contribution in [3.63, 3.8) is 0 Å². The van der Waals surface area contributed by atoms with Crippen LogP contribution in [0.1, 0.15) is 28.8 Å². The standard InChI is InChI=1S/C27H24N4O4/c1-32-18-8-6-7-16(13-18)25-23-24(30-27-28-15-29-31(25)27)19-9-4-5-10-20(19)35-26(23)17-11-12-21(33-2)22(14-17)34-3/h4-15,25-26H,1-3H3,(H,28,29,30)/t25-,26-/m0/s1. The van der Waals surface area contributed by atoms with Crippen LogP contribution in [0.15, 0.2) is 78.6 Å². The van der Waals surface area contributed by atoms with Gasteiger partial charge in [0.05, 0.1) is 27.0 Å². The van der Waals surface area contributed by atoms with Gasteiger partial charge in [0, 0.05) is 16.7 Å². The fourth-order valence-electron chi connectivity index (χ4n) is 4.84. The number of fused-ring (bicyclic) bond motifs is 3. The molecule has 35 heavy (non-hydrogen) atoms. The van der Waals surface area contributed by atoms with Gasteiger partial charge in [-0.05, 0) is 42.0 Å². The smallest absolute Gasteiger partial charge is 0.226 e. The average molecular weight is 469 g/mol. The molecule has 0 aliphatic carbocycles. The Morgan fingerprint density at radius 1 is 0.857 bits per heavy atom. The van der Waals surface area contributed by atoms with Gasteiger partial charge in [0.2, 0.25) is 5.95 Å². The number of nitrogens with one attached hydrogen (secondary N) is 1. The normalized spacial score (nSPS) is 17.9. The summed E-state index contributed by atoms with van der Waals surface area (Å²) in [5, 5.41) is 8.09. The topological polar surface area (TPSA) is 79.7 Å². The summed E-state index contributed by atoms with van der Waals surface area (Å²) in [5.74, 6) is 3.52. The van der Waals surface area contributed by atoms with E-state index in [0.29, 0.717) is 17.4 Å². The number of aromatic nitrogens is 3. The van der Waals surface area contributed by atoms with E-state index in [1.807, 2.05) is 59.3 Å². The van der Waals surface area contributed by atoms with Gasteiger partial charge in [-0.15, -0.1) is 0 Å². The van der Waals surface area contributed by atoms with Gasteiger partial charge in [-0.1, -0.05) is 30.3 Å². The molecule has 2 aliphatic rings. The van der Waals surface area contributed by atoms with Crippen LogP contribution in [0.5, 0.6) is 23.0 Å². The van der Waals surface area contributed by atoms with Crippen molar-refractivity contribution in [2.24, 2.45) is 0 Å². The molecule has 0 saturated heterocycles. The van der Waals surface area contributed by atoms with Crippen LogP contribution < -0.4 is 24.3 Å². The summed E-state index contributed by atoms with van der Waals surface area (Å²) in [5.41, 5.74) is 4.89. The molecule has 3 heterocycles. The van der Waals surface area contributed by atoms with Crippen LogP contribution in [0, 0.1) is 0 Å². The number of anilines is 1. The van der Waals surface area contributed by atoms with E-state index >= 15 is 0 Å². The summed E-state index contributed by atoms with van der Waals surface area (Å²) in [4.78, 5) is 4.48. The van der Waals surface area contributed by atoms with E-state index in [1.165, 1.54) is 0 Å². The van der Waals surface area contributed by atoms with Crippen molar-refractivity contribution in [3.05, 3.63) is 95.3 Å². The lowest BCUT2D eigenvalue weighted by molar-refractivity contribution is 0.222. The first-order chi connectivity index (χ1) is 17.2. The molecule has 8 nitrogen and oxygen atoms in total. The molecule has 4 aromatic rings. The van der Waals surface area contributed by atoms with E-state index in [1.54, 1.807) is 27.7 Å². The minimum absolute atomic E-state index is 0.273. The number of benzene rings is 3. The van der Waals surface area contributed by atoms with Crippen LogP contribution in [0.3, 0.4) is 0 Å². The van der Waals surface area contributed by atoms with Gasteiger partial charge in [0.15, 0.2) is 11.5 Å². The van der Waals surface area contributed by atoms with E-state index in [0.717, 1.165) is 39.5 Å². The van der Waals surface area contributed by atoms with Gasteiger partial charge in [-0.25, -0.2) is 4.68 Å². The first-order valence-electron chi connectivity index (χ1n) is 11.2. The Hall–Kier alpha value is -4.46. The summed E-state index contributed by atoms with van der Waals surface area (Å²) in [6.45, 7) is 0. The SMILES string of the molecule is COc1cccc([C@H]2C3=C(Nc4ncnn42)c2ccccc2O[C@H]3c2ccc(OC)c(OC)c2)c1. The molecule has 2 atom stereocenters. The van der Waals surface area contributed by atoms with E-state index < -0.39 is 6.10 Å². The molecule has 1 aromatic heterocycles. The van der Waals surface area contributed by atoms with Gasteiger partial charge in [-0.2, -0.15) is 10.1 Å². The molecule has 1 N–H and O–H groups in total. The first-order valence-corrected chi connectivity index (χ1v) is 11.2. The molecular weight excluding hydrogens is 444 g/mol. The van der Waals surface area contributed by atoms with Crippen molar-refractivity contribution >= 4 is 11.6 Å². The molecular formula is C27H24N4O4. The highest BCUT2D eigenvalue weighted by molar-refractivity contribution is 5.85. The molecule has 0 radical (unpaired) electrons. The van der Waals surface area contributed by atoms with Gasteiger partial charge >= 0.3 is 0 Å². The number of hydrogen-bond acceptors (Lipinski definition) is 7. The zero-order chi connectivity index (χ0) is 23.9. The number of ether oxygens (including phenoxy) is 4. The Balaban J connectivity index is 1.60. The van der Waals surface area contributed by atoms with Crippen LogP contribution >= 0.6 is 0 Å². The minimum atomic E-state index is -0.416. The predicted octanol–water partition coefficient (Wildman–Crippen LogP) is 4.86. The van der Waals surface area contributed by atoms with Gasteiger partial charge < -0.3 is 24.3 Å². The third-order valence-electron chi connectivity index (χ3n) is 6.44. The van der Waals surface area contributed by atoms with Crippen molar-refractivity contribution < 1.29 is 18.9 Å². The minimum Gasteiger partial charge on any atom is -0.497 e. The van der Waals surface area contributed by atoms with Gasteiger partial charge in [0.1, 0.15) is 30.0 Å². The van der Waals surface area contributed by atoms with Crippen LogP contribution in [0.4, 0.5) is 5.95 Å². The molecule has 0 amide bonds. The highest BCUT2D eigenvalue weighted by Crippen LogP contribution is 2.51. The summed E-state index contributed by atoms with van der Waals surface area (Å²) in [7, 11) is 4.92. The average Bonchev–Trinajstić information content (AvgIpc) is 3.39. The summed E-state index contributed by atoms with van der Waals surface area (Å²) in [6, 6.07) is 21.6. The van der Waals surface area contributed by atoms with Crippen molar-refractivity contribution in [2.75, 3.05) is 26.6 Å². The largest absolute Gasteiger partial charge is 0.497 e. The summed E-state index contributed by atoms with van der Waals surface area (Å²) >= 11 is 0. The molecule has 8 heteroatoms. The summed E-state index contributed by atoms with van der Waals surface area (Å²) in [6.07, 6.45) is 1.15. The van der Waals surface area contributed by atoms with E-state index in [9.17, 15) is 0 Å². The Morgan fingerprint density at radius 2 is 1.71 bits per heavy atom. The maximum atomic E-state index is 6.67. The Bertz CT molecular complexity index is 1440. The second-order valence-electron chi connectivity index (χ2n) is 8.27. The maximum absolute atomic E-state index is 6.67. The fourth-order valence-corrected chi connectivity index (χ4v) is 4.84. The predicted molar refractivity (Wildman–Crippen MR) is 131 cm³/mol. The zero-order valence-corrected chi connectivity index (χ0v) is 19.6. The molecule has 6 rings (SSSR count). The monoisotopic (exact) mass is 468 g/mol. The van der Waals surface area contributed by atoms with Crippen LogP contribution in [-0.4, -0.2) is 36.1 Å². The van der Waals surface area contributed by atoms with Gasteiger partial charge in [0.25, 0.3) is 0 Å². The van der Waals surface area contributed by atoms with Crippen molar-refractivity contribution in [3.8, 4) is 23.0 Å². The van der Waals surface area contributed by atoms with E-state index in [2.05, 4.69) is 27.5 Å². The Kier molecular flexibility index (Phi) is 5.06. The van der Waals surface area contributed by atoms with Gasteiger partial charge in [-0.3, -0.25) is 0 Å². The van der Waals surface area contributed by atoms with Crippen molar-refractivity contribution in [1.29, 1.82) is 0 Å². The molecule has 0 bridgehead atoms. The van der Waals surface area contributed by atoms with Crippen molar-refractivity contribution in [1.82, 2.24) is 14.8 Å². The number of hydrogen-bond donors (Lipinski definition) is 1. The lowest BCUT2D eigenvalue weighted by Crippen LogP contribution is -2.32. The summed E-state index contributed by atoms with van der Waals surface area (Å²) < 4.78 is 25.2. The zero-order valence-electron chi connectivity index (χ0n) is 19.6. The van der Waals surface area contributed by atoms with Crippen molar-refractivity contribution in [2.45, 2.75) is 12.1 Å². The highest BCUT2D eigenvalue weighted by atomic mass is 16.5. The highest BCUT2D eigenvalue weighted by Gasteiger charge is 2.41. The molecule has 0 fully saturated rings. The lowest BCUT2D eigenvalue weighted by Gasteiger charge is -2.39. The number of methoxy groups -OCH3 is 3. The lowest BCUT2D eigenvalue weighted by atomic mass is 9.84. The Morgan fingerprint density at radius 3 is 2.54 bits per heavy atom. The number of rotatable bonds is 5. The molecule has 3 aromatic carbocycles. The maximum Gasteiger partial charge on any atom is 0.226 e. The van der Waals surface area contributed by atoms with Crippen LogP contribution in [0.2, 0.25) is 0 Å². The second kappa shape index (κ2) is 8.39. The van der Waals surface area contributed by atoms with Crippen LogP contribution in [-0.2, 0) is 0 Å². The molecule has 2 aliphatic heterocycles. The quantitative estimate of drug-likeness (QED) is 0.448.